The number of pyridine rings is 1. The van der Waals surface area contributed by atoms with E-state index in [2.05, 4.69) is 66.6 Å². The van der Waals surface area contributed by atoms with Gasteiger partial charge in [-0.05, 0) is 59.9 Å². The van der Waals surface area contributed by atoms with Crippen molar-refractivity contribution in [1.29, 1.82) is 0 Å². The van der Waals surface area contributed by atoms with Crippen molar-refractivity contribution in [1.82, 2.24) is 24.5 Å². The van der Waals surface area contributed by atoms with Crippen LogP contribution in [0, 0.1) is 0 Å². The summed E-state index contributed by atoms with van der Waals surface area (Å²) < 4.78 is 8.62. The predicted octanol–water partition coefficient (Wildman–Crippen LogP) is 5.28. The van der Waals surface area contributed by atoms with Crippen molar-refractivity contribution in [3.63, 3.8) is 0 Å². The van der Waals surface area contributed by atoms with E-state index in [-0.39, 0.29) is 0 Å². The third-order valence-electron chi connectivity index (χ3n) is 6.24. The number of benzene rings is 1. The zero-order chi connectivity index (χ0) is 23.3. The minimum absolute atomic E-state index is 0.360. The van der Waals surface area contributed by atoms with Crippen LogP contribution in [0.1, 0.15) is 42.5 Å². The first kappa shape index (κ1) is 22.8. The van der Waals surface area contributed by atoms with Crippen molar-refractivity contribution in [2.75, 3.05) is 25.0 Å². The Morgan fingerprint density at radius 2 is 2.09 bits per heavy atom. The number of para-hydroxylation sites is 1. The van der Waals surface area contributed by atoms with Gasteiger partial charge >= 0.3 is 0 Å². The fourth-order valence-corrected chi connectivity index (χ4v) is 4.95. The molecule has 0 bridgehead atoms. The number of nitrogens with one attached hydrogen (secondary N) is 1. The van der Waals surface area contributed by atoms with Gasteiger partial charge in [-0.2, -0.15) is 9.61 Å². The van der Waals surface area contributed by atoms with Crippen molar-refractivity contribution in [3.8, 4) is 5.75 Å². The number of fused-ring (bicyclic) bond motifs is 1. The average molecular weight is 521 g/mol. The first-order chi connectivity index (χ1) is 16.7. The maximum Gasteiger partial charge on any atom is 0.171 e. The van der Waals surface area contributed by atoms with Crippen LogP contribution in [-0.4, -0.2) is 44.2 Å². The van der Waals surface area contributed by atoms with E-state index >= 15 is 0 Å². The molecule has 3 aromatic heterocycles. The third-order valence-corrected chi connectivity index (χ3v) is 6.79. The predicted molar refractivity (Wildman–Crippen MR) is 137 cm³/mol. The molecule has 0 radical (unpaired) electrons. The Labute approximate surface area is 208 Å². The van der Waals surface area contributed by atoms with E-state index in [0.29, 0.717) is 19.1 Å². The summed E-state index contributed by atoms with van der Waals surface area (Å²) in [5.41, 5.74) is 4.30. The molecule has 4 aromatic rings. The Morgan fingerprint density at radius 1 is 1.18 bits per heavy atom. The van der Waals surface area contributed by atoms with Crippen LogP contribution in [0.2, 0.25) is 0 Å². The Balaban J connectivity index is 1.37. The molecule has 1 aliphatic heterocycles. The van der Waals surface area contributed by atoms with Crippen molar-refractivity contribution >= 4 is 27.4 Å². The van der Waals surface area contributed by atoms with Gasteiger partial charge in [0.05, 0.1) is 23.0 Å². The molecule has 0 amide bonds. The number of likely N-dealkylation sites (tertiary alicyclic amines) is 1. The van der Waals surface area contributed by atoms with Gasteiger partial charge in [-0.15, -0.1) is 0 Å². The second-order valence-corrected chi connectivity index (χ2v) is 9.48. The number of piperidine rings is 1. The lowest BCUT2D eigenvalue weighted by Crippen LogP contribution is -2.34. The lowest BCUT2D eigenvalue weighted by atomic mass is 9.94. The summed E-state index contributed by atoms with van der Waals surface area (Å²) in [6.45, 7) is 6.33. The van der Waals surface area contributed by atoms with Crippen LogP contribution in [0.5, 0.6) is 5.75 Å². The Morgan fingerprint density at radius 3 is 2.94 bits per heavy atom. The molecule has 1 aliphatic rings. The quantitative estimate of drug-likeness (QED) is 0.341. The van der Waals surface area contributed by atoms with Gasteiger partial charge in [-0.25, -0.2) is 4.98 Å². The average Bonchev–Trinajstić information content (AvgIpc) is 3.25. The summed E-state index contributed by atoms with van der Waals surface area (Å²) in [5, 5.41) is 8.06. The van der Waals surface area contributed by atoms with Crippen molar-refractivity contribution in [2.45, 2.75) is 38.8 Å². The van der Waals surface area contributed by atoms with Crippen LogP contribution in [0.15, 0.2) is 65.5 Å². The van der Waals surface area contributed by atoms with Gasteiger partial charge in [0.15, 0.2) is 5.65 Å². The van der Waals surface area contributed by atoms with E-state index in [4.69, 9.17) is 9.72 Å². The summed E-state index contributed by atoms with van der Waals surface area (Å²) in [4.78, 5) is 11.8. The minimum atomic E-state index is 0.360. The molecular weight excluding hydrogens is 492 g/mol. The van der Waals surface area contributed by atoms with Crippen LogP contribution in [0.25, 0.3) is 5.65 Å². The summed E-state index contributed by atoms with van der Waals surface area (Å²) >= 11 is 3.63. The molecule has 1 saturated heterocycles. The molecular formula is C26H29BrN6O. The number of halogens is 1. The maximum absolute atomic E-state index is 5.85. The van der Waals surface area contributed by atoms with Crippen LogP contribution in [0.3, 0.4) is 0 Å². The molecule has 5 rings (SSSR count). The number of nitrogens with zero attached hydrogens (tertiary/aromatic N) is 5. The van der Waals surface area contributed by atoms with Gasteiger partial charge in [0.1, 0.15) is 11.6 Å². The normalized spacial score (nSPS) is 16.6. The van der Waals surface area contributed by atoms with Gasteiger partial charge in [0, 0.05) is 49.6 Å². The summed E-state index contributed by atoms with van der Waals surface area (Å²) in [5.74, 6) is 2.28. The van der Waals surface area contributed by atoms with Crippen LogP contribution < -0.4 is 10.1 Å². The number of ether oxygens (including phenoxy) is 1. The smallest absolute Gasteiger partial charge is 0.171 e. The minimum Gasteiger partial charge on any atom is -0.494 e. The molecule has 1 atom stereocenters. The summed E-state index contributed by atoms with van der Waals surface area (Å²) in [6.07, 6.45) is 7.75. The van der Waals surface area contributed by atoms with Crippen molar-refractivity contribution in [2.24, 2.45) is 0 Å². The highest BCUT2D eigenvalue weighted by molar-refractivity contribution is 9.10. The molecule has 176 valence electrons. The van der Waals surface area contributed by atoms with E-state index < -0.39 is 0 Å². The number of aromatic nitrogens is 4. The molecule has 1 N–H and O–H groups in total. The van der Waals surface area contributed by atoms with Gasteiger partial charge in [0.2, 0.25) is 0 Å². The first-order valence-corrected chi connectivity index (χ1v) is 12.6. The van der Waals surface area contributed by atoms with E-state index in [1.165, 1.54) is 5.56 Å². The molecule has 8 heteroatoms. The second-order valence-electron chi connectivity index (χ2n) is 8.62. The molecule has 7 nitrogen and oxygen atoms in total. The van der Waals surface area contributed by atoms with Gasteiger partial charge in [-0.3, -0.25) is 9.88 Å². The zero-order valence-corrected chi connectivity index (χ0v) is 20.9. The van der Waals surface area contributed by atoms with Gasteiger partial charge in [0.25, 0.3) is 0 Å². The largest absolute Gasteiger partial charge is 0.494 e. The van der Waals surface area contributed by atoms with Crippen molar-refractivity contribution in [3.05, 3.63) is 82.3 Å². The highest BCUT2D eigenvalue weighted by atomic mass is 79.9. The standard InChI is InChI=1S/C26H29BrN6O/c1-2-34-24-10-4-3-8-21(24)18-32-12-6-9-20(17-32)23-13-25(29-15-19-7-5-11-28-14-19)33-26(31-23)22(27)16-30-33/h3-5,7-8,10-11,13-14,16,20,29H,2,6,9,12,15,17-18H2,1H3. The van der Waals surface area contributed by atoms with Gasteiger partial charge < -0.3 is 10.1 Å². The van der Waals surface area contributed by atoms with Crippen molar-refractivity contribution < 1.29 is 4.74 Å². The lowest BCUT2D eigenvalue weighted by molar-refractivity contribution is 0.195. The fraction of sp³-hybridized carbons (Fsp3) is 0.346. The molecule has 0 aliphatic carbocycles. The van der Waals surface area contributed by atoms with Crippen LogP contribution in [0.4, 0.5) is 5.82 Å². The van der Waals surface area contributed by atoms with Crippen LogP contribution in [-0.2, 0) is 13.1 Å². The second kappa shape index (κ2) is 10.5. The van der Waals surface area contributed by atoms with E-state index in [0.717, 1.165) is 65.4 Å². The monoisotopic (exact) mass is 520 g/mol. The van der Waals surface area contributed by atoms with Gasteiger partial charge in [-0.1, -0.05) is 24.3 Å². The molecule has 34 heavy (non-hydrogen) atoms. The zero-order valence-electron chi connectivity index (χ0n) is 19.3. The molecule has 1 unspecified atom stereocenters. The Kier molecular flexibility index (Phi) is 7.06. The topological polar surface area (TPSA) is 67.6 Å². The molecule has 1 fully saturated rings. The number of hydrogen-bond donors (Lipinski definition) is 1. The molecule has 0 spiro atoms. The lowest BCUT2D eigenvalue weighted by Gasteiger charge is -2.33. The molecule has 0 saturated carbocycles. The van der Waals surface area contributed by atoms with E-state index in [1.807, 2.05) is 29.8 Å². The Bertz CT molecular complexity index is 1240. The third kappa shape index (κ3) is 5.08. The maximum atomic E-state index is 5.85. The summed E-state index contributed by atoms with van der Waals surface area (Å²) in [7, 11) is 0. The number of hydrogen-bond acceptors (Lipinski definition) is 6. The summed E-state index contributed by atoms with van der Waals surface area (Å²) in [6, 6.07) is 14.5. The number of anilines is 1. The Hall–Kier alpha value is -2.97. The first-order valence-electron chi connectivity index (χ1n) is 11.8. The van der Waals surface area contributed by atoms with Crippen LogP contribution >= 0.6 is 15.9 Å². The molecule has 4 heterocycles. The fourth-order valence-electron chi connectivity index (χ4n) is 4.60. The SMILES string of the molecule is CCOc1ccccc1CN1CCCC(c2cc(NCc3cccnc3)n3ncc(Br)c3n2)C1. The number of rotatable bonds is 8. The highest BCUT2D eigenvalue weighted by Crippen LogP contribution is 2.31. The van der Waals surface area contributed by atoms with E-state index in [1.54, 1.807) is 12.4 Å². The highest BCUT2D eigenvalue weighted by Gasteiger charge is 2.25. The van der Waals surface area contributed by atoms with E-state index in [9.17, 15) is 0 Å². The molecule has 1 aromatic carbocycles.